The Kier molecular flexibility index (Phi) is 8.54. The van der Waals surface area contributed by atoms with Gasteiger partial charge in [-0.2, -0.15) is 5.26 Å². The minimum absolute atomic E-state index is 0.0954. The van der Waals surface area contributed by atoms with Gasteiger partial charge in [0, 0.05) is 25.2 Å². The number of benzene rings is 3. The summed E-state index contributed by atoms with van der Waals surface area (Å²) in [7, 11) is 5.37. The maximum absolute atomic E-state index is 12.1. The number of hydrogen-bond donors (Lipinski definition) is 2. The van der Waals surface area contributed by atoms with E-state index in [1.165, 1.54) is 0 Å². The Morgan fingerprint density at radius 3 is 2.49 bits per heavy atom. The molecule has 4 rings (SSSR count). The van der Waals surface area contributed by atoms with Gasteiger partial charge in [0.15, 0.2) is 0 Å². The first-order valence-electron chi connectivity index (χ1n) is 12.1. The summed E-state index contributed by atoms with van der Waals surface area (Å²) in [6.07, 6.45) is 0. The van der Waals surface area contributed by atoms with E-state index in [4.69, 9.17) is 26.8 Å². The predicted octanol–water partition coefficient (Wildman–Crippen LogP) is 5.70. The molecule has 0 aliphatic carbocycles. The molecule has 8 nitrogen and oxygen atoms in total. The first kappa shape index (κ1) is 27.3. The zero-order chi connectivity index (χ0) is 27.9. The molecule has 3 aromatic carbocycles. The smallest absolute Gasteiger partial charge is 0.239 e. The molecule has 0 bridgehead atoms. The van der Waals surface area contributed by atoms with Crippen molar-refractivity contribution in [1.82, 2.24) is 4.98 Å². The molecule has 0 atom stereocenters. The number of pyridine rings is 1. The Labute approximate surface area is 232 Å². The summed E-state index contributed by atoms with van der Waals surface area (Å²) >= 11 is 5.73. The van der Waals surface area contributed by atoms with E-state index < -0.39 is 0 Å². The van der Waals surface area contributed by atoms with Crippen LogP contribution >= 0.6 is 11.6 Å². The molecule has 1 amide bonds. The summed E-state index contributed by atoms with van der Waals surface area (Å²) in [4.78, 5) is 18.5. The molecule has 0 radical (unpaired) electrons. The Morgan fingerprint density at radius 1 is 1.08 bits per heavy atom. The van der Waals surface area contributed by atoms with Gasteiger partial charge in [-0.05, 0) is 53.6 Å². The van der Waals surface area contributed by atoms with E-state index in [0.717, 1.165) is 22.6 Å². The van der Waals surface area contributed by atoms with Crippen LogP contribution in [0.15, 0.2) is 72.8 Å². The number of ether oxygens (including phenoxy) is 2. The first-order chi connectivity index (χ1) is 18.8. The number of rotatable bonds is 9. The largest absolute Gasteiger partial charge is 0.497 e. The molecular formula is C30H28ClN5O3. The van der Waals surface area contributed by atoms with E-state index in [2.05, 4.69) is 16.4 Å². The number of nitrogens with one attached hydrogen (secondary N) is 1. The van der Waals surface area contributed by atoms with Crippen LogP contribution in [-0.2, 0) is 11.4 Å². The molecular weight excluding hydrogens is 514 g/mol. The standard InChI is InChI=1S/C30H28ClN5O3/c1-36(2)27-13-10-20(14-26(27)34-29(37)16-31)23-15-25(35-30(33)24(23)17-32)22-6-4-5-7-28(22)39-18-19-8-11-21(38-3)12-9-19/h4-15H,16,18H2,1-3H3,(H2,33,35)(H,34,37). The molecule has 0 saturated carbocycles. The normalized spacial score (nSPS) is 10.4. The minimum Gasteiger partial charge on any atom is -0.497 e. The zero-order valence-corrected chi connectivity index (χ0v) is 22.6. The van der Waals surface area contributed by atoms with Crippen LogP contribution in [0, 0.1) is 11.3 Å². The van der Waals surface area contributed by atoms with Crippen LogP contribution in [0.2, 0.25) is 0 Å². The highest BCUT2D eigenvalue weighted by atomic mass is 35.5. The average molecular weight is 542 g/mol. The lowest BCUT2D eigenvalue weighted by molar-refractivity contribution is -0.113. The summed E-state index contributed by atoms with van der Waals surface area (Å²) in [5.41, 5.74) is 11.4. The maximum atomic E-state index is 12.1. The first-order valence-corrected chi connectivity index (χ1v) is 12.6. The number of anilines is 3. The minimum atomic E-state index is -0.338. The quantitative estimate of drug-likeness (QED) is 0.261. The van der Waals surface area contributed by atoms with Gasteiger partial charge >= 0.3 is 0 Å². The van der Waals surface area contributed by atoms with Crippen molar-refractivity contribution in [2.24, 2.45) is 0 Å². The van der Waals surface area contributed by atoms with Crippen LogP contribution in [0.25, 0.3) is 22.4 Å². The second-order valence-corrected chi connectivity index (χ2v) is 9.14. The van der Waals surface area contributed by atoms with Crippen molar-refractivity contribution in [3.05, 3.63) is 83.9 Å². The molecule has 3 N–H and O–H groups in total. The van der Waals surface area contributed by atoms with Crippen molar-refractivity contribution in [3.8, 4) is 40.0 Å². The van der Waals surface area contributed by atoms with Crippen LogP contribution in [0.5, 0.6) is 11.5 Å². The summed E-state index contributed by atoms with van der Waals surface area (Å²) in [6.45, 7) is 0.343. The number of methoxy groups -OCH3 is 1. The molecule has 0 saturated heterocycles. The summed E-state index contributed by atoms with van der Waals surface area (Å²) in [5.74, 6) is 0.968. The summed E-state index contributed by atoms with van der Waals surface area (Å²) < 4.78 is 11.4. The summed E-state index contributed by atoms with van der Waals surface area (Å²) in [5, 5.41) is 12.7. The Balaban J connectivity index is 1.75. The number of alkyl halides is 1. The second-order valence-electron chi connectivity index (χ2n) is 8.87. The Hall–Kier alpha value is -4.74. The van der Waals surface area contributed by atoms with E-state index in [-0.39, 0.29) is 23.2 Å². The fourth-order valence-electron chi connectivity index (χ4n) is 4.11. The molecule has 4 aromatic rings. The molecule has 1 heterocycles. The molecule has 0 unspecified atom stereocenters. The van der Waals surface area contributed by atoms with Gasteiger partial charge in [0.05, 0.1) is 24.2 Å². The molecule has 0 fully saturated rings. The molecule has 39 heavy (non-hydrogen) atoms. The monoisotopic (exact) mass is 541 g/mol. The highest BCUT2D eigenvalue weighted by molar-refractivity contribution is 6.29. The van der Waals surface area contributed by atoms with Crippen molar-refractivity contribution >= 4 is 34.7 Å². The van der Waals surface area contributed by atoms with Crippen molar-refractivity contribution in [1.29, 1.82) is 5.26 Å². The second kappa shape index (κ2) is 12.2. The van der Waals surface area contributed by atoms with E-state index in [9.17, 15) is 10.1 Å². The van der Waals surface area contributed by atoms with E-state index in [1.807, 2.05) is 85.7 Å². The van der Waals surface area contributed by atoms with Gasteiger partial charge in [-0.1, -0.05) is 30.3 Å². The number of carbonyl (C=O) groups excluding carboxylic acids is 1. The molecule has 0 aliphatic heterocycles. The summed E-state index contributed by atoms with van der Waals surface area (Å²) in [6, 6.07) is 24.7. The number of nitriles is 1. The third kappa shape index (κ3) is 6.22. The Bertz CT molecular complexity index is 1530. The lowest BCUT2D eigenvalue weighted by atomic mass is 9.97. The number of para-hydroxylation sites is 1. The number of carbonyl (C=O) groups is 1. The van der Waals surface area contributed by atoms with E-state index in [0.29, 0.717) is 34.9 Å². The van der Waals surface area contributed by atoms with Crippen LogP contribution in [0.4, 0.5) is 17.2 Å². The highest BCUT2D eigenvalue weighted by Crippen LogP contribution is 2.37. The topological polar surface area (TPSA) is 114 Å². The van der Waals surface area contributed by atoms with Crippen LogP contribution in [0.1, 0.15) is 11.1 Å². The van der Waals surface area contributed by atoms with Gasteiger partial charge in [0.25, 0.3) is 0 Å². The number of amides is 1. The highest BCUT2D eigenvalue weighted by Gasteiger charge is 2.18. The zero-order valence-electron chi connectivity index (χ0n) is 21.9. The fraction of sp³-hybridized carbons (Fsp3) is 0.167. The van der Waals surface area contributed by atoms with Crippen molar-refractivity contribution in [2.75, 3.05) is 43.0 Å². The van der Waals surface area contributed by atoms with Gasteiger partial charge in [0.1, 0.15) is 41.4 Å². The average Bonchev–Trinajstić information content (AvgIpc) is 2.95. The third-order valence-electron chi connectivity index (χ3n) is 6.06. The van der Waals surface area contributed by atoms with Gasteiger partial charge in [0.2, 0.25) is 5.91 Å². The number of hydrogen-bond acceptors (Lipinski definition) is 7. The van der Waals surface area contributed by atoms with Gasteiger partial charge < -0.3 is 25.4 Å². The van der Waals surface area contributed by atoms with Gasteiger partial charge in [-0.15, -0.1) is 11.6 Å². The van der Waals surface area contributed by atoms with Crippen molar-refractivity contribution in [2.45, 2.75) is 6.61 Å². The van der Waals surface area contributed by atoms with Gasteiger partial charge in [-0.25, -0.2) is 4.98 Å². The van der Waals surface area contributed by atoms with E-state index in [1.54, 1.807) is 13.2 Å². The molecule has 198 valence electrons. The number of aromatic nitrogens is 1. The fourth-order valence-corrected chi connectivity index (χ4v) is 4.18. The van der Waals surface area contributed by atoms with Crippen molar-refractivity contribution in [3.63, 3.8) is 0 Å². The van der Waals surface area contributed by atoms with Crippen LogP contribution < -0.4 is 25.4 Å². The molecule has 0 spiro atoms. The molecule has 9 heteroatoms. The number of nitrogen functional groups attached to an aromatic ring is 1. The molecule has 1 aromatic heterocycles. The van der Waals surface area contributed by atoms with Crippen LogP contribution in [0.3, 0.4) is 0 Å². The Morgan fingerprint density at radius 2 is 1.82 bits per heavy atom. The number of halogens is 1. The lowest BCUT2D eigenvalue weighted by Gasteiger charge is -2.20. The third-order valence-corrected chi connectivity index (χ3v) is 6.30. The van der Waals surface area contributed by atoms with Crippen LogP contribution in [-0.4, -0.2) is 38.0 Å². The SMILES string of the molecule is COc1ccc(COc2ccccc2-c2cc(-c3ccc(N(C)C)c(NC(=O)CCl)c3)c(C#N)c(N)n2)cc1. The van der Waals surface area contributed by atoms with Gasteiger partial charge in [-0.3, -0.25) is 4.79 Å². The predicted molar refractivity (Wildman–Crippen MR) is 155 cm³/mol. The molecule has 0 aliphatic rings. The maximum Gasteiger partial charge on any atom is 0.239 e. The number of nitrogens with two attached hydrogens (primary N) is 1. The van der Waals surface area contributed by atoms with E-state index >= 15 is 0 Å². The lowest BCUT2D eigenvalue weighted by Crippen LogP contribution is -2.17. The van der Waals surface area contributed by atoms with Crippen molar-refractivity contribution < 1.29 is 14.3 Å². The number of nitrogens with zero attached hydrogens (tertiary/aromatic N) is 3.